The normalized spacial score (nSPS) is 11.6. The summed E-state index contributed by atoms with van der Waals surface area (Å²) >= 11 is 0. The lowest BCUT2D eigenvalue weighted by Crippen LogP contribution is -2.16. The van der Waals surface area contributed by atoms with Gasteiger partial charge in [-0.2, -0.15) is 0 Å². The van der Waals surface area contributed by atoms with Crippen LogP contribution >= 0.6 is 0 Å². The van der Waals surface area contributed by atoms with Crippen LogP contribution in [-0.2, 0) is 0 Å². The quantitative estimate of drug-likeness (QED) is 0.285. The van der Waals surface area contributed by atoms with Gasteiger partial charge >= 0.3 is 12.7 Å². The molecule has 0 aliphatic carbocycles. The van der Waals surface area contributed by atoms with E-state index in [1.165, 1.54) is 42.5 Å². The van der Waals surface area contributed by atoms with Gasteiger partial charge in [0.2, 0.25) is 0 Å². The van der Waals surface area contributed by atoms with E-state index in [0.29, 0.717) is 6.29 Å². The van der Waals surface area contributed by atoms with Gasteiger partial charge in [-0.3, -0.25) is 4.79 Å². The monoisotopic (exact) mass is 458 g/mol. The lowest BCUT2D eigenvalue weighted by Gasteiger charge is -2.14. The third-order valence-electron chi connectivity index (χ3n) is 3.71. The zero-order valence-corrected chi connectivity index (χ0v) is 15.7. The van der Waals surface area contributed by atoms with Crippen molar-refractivity contribution in [2.75, 3.05) is 0 Å². The minimum atomic E-state index is -4.84. The van der Waals surface area contributed by atoms with Crippen molar-refractivity contribution in [3.8, 4) is 34.5 Å². The Morgan fingerprint density at radius 3 is 1.22 bits per heavy atom. The van der Waals surface area contributed by atoms with Crippen molar-refractivity contribution in [2.45, 2.75) is 12.7 Å². The Kier molecular flexibility index (Phi) is 6.47. The molecule has 0 saturated carbocycles. The molecular formula is C21H12F6O5. The Morgan fingerprint density at radius 2 is 0.906 bits per heavy atom. The zero-order chi connectivity index (χ0) is 23.4. The van der Waals surface area contributed by atoms with Gasteiger partial charge in [0.15, 0.2) is 6.29 Å². The van der Waals surface area contributed by atoms with Crippen LogP contribution in [0.2, 0.25) is 0 Å². The first-order valence-electron chi connectivity index (χ1n) is 8.68. The molecule has 0 bridgehead atoms. The standard InChI is InChI=1S/C21H12F6O5/c22-20(23,24)31-15-8-4-13(5-9-15)29-18-2-1-3-19(17(18)12-28)30-14-6-10-16(11-7-14)32-21(25,26)27/h1-12H. The molecule has 168 valence electrons. The van der Waals surface area contributed by atoms with Gasteiger partial charge in [-0.05, 0) is 60.7 Å². The van der Waals surface area contributed by atoms with Crippen LogP contribution in [0.5, 0.6) is 34.5 Å². The first kappa shape index (κ1) is 22.8. The number of hydrogen-bond donors (Lipinski definition) is 0. The summed E-state index contributed by atoms with van der Waals surface area (Å²) in [6.45, 7) is 0. The fourth-order valence-corrected chi connectivity index (χ4v) is 2.49. The predicted octanol–water partition coefficient (Wildman–Crippen LogP) is 6.88. The van der Waals surface area contributed by atoms with E-state index >= 15 is 0 Å². The number of ether oxygens (including phenoxy) is 4. The highest BCUT2D eigenvalue weighted by atomic mass is 19.4. The molecule has 11 heteroatoms. The highest BCUT2D eigenvalue weighted by molar-refractivity contribution is 5.84. The summed E-state index contributed by atoms with van der Waals surface area (Å²) in [5.41, 5.74) is -0.0289. The van der Waals surface area contributed by atoms with E-state index in [4.69, 9.17) is 9.47 Å². The second-order valence-corrected chi connectivity index (χ2v) is 6.03. The first-order chi connectivity index (χ1) is 15.0. The third kappa shape index (κ3) is 6.56. The minimum absolute atomic E-state index is 0.0289. The van der Waals surface area contributed by atoms with E-state index in [1.807, 2.05) is 0 Å². The van der Waals surface area contributed by atoms with E-state index in [1.54, 1.807) is 0 Å². The Hall–Kier alpha value is -3.89. The zero-order valence-electron chi connectivity index (χ0n) is 15.7. The molecule has 0 aliphatic rings. The molecule has 0 saturated heterocycles. The molecule has 32 heavy (non-hydrogen) atoms. The molecule has 0 amide bonds. The Balaban J connectivity index is 1.76. The molecule has 5 nitrogen and oxygen atoms in total. The van der Waals surface area contributed by atoms with E-state index < -0.39 is 24.2 Å². The summed E-state index contributed by atoms with van der Waals surface area (Å²) in [5, 5.41) is 0. The van der Waals surface area contributed by atoms with Gasteiger partial charge in [0.05, 0.1) is 5.56 Å². The van der Waals surface area contributed by atoms with Gasteiger partial charge < -0.3 is 18.9 Å². The van der Waals surface area contributed by atoms with Crippen LogP contribution in [-0.4, -0.2) is 19.0 Å². The highest BCUT2D eigenvalue weighted by Gasteiger charge is 2.31. The number of alkyl halides is 6. The topological polar surface area (TPSA) is 54.0 Å². The number of benzene rings is 3. The maximum atomic E-state index is 12.2. The molecule has 0 radical (unpaired) electrons. The van der Waals surface area contributed by atoms with Crippen molar-refractivity contribution in [1.82, 2.24) is 0 Å². The van der Waals surface area contributed by atoms with Crippen LogP contribution < -0.4 is 18.9 Å². The smallest absolute Gasteiger partial charge is 0.456 e. The van der Waals surface area contributed by atoms with Crippen LogP contribution in [0.1, 0.15) is 10.4 Å². The molecule has 0 heterocycles. The van der Waals surface area contributed by atoms with E-state index in [9.17, 15) is 31.1 Å². The largest absolute Gasteiger partial charge is 0.573 e. The average molecular weight is 458 g/mol. The molecular weight excluding hydrogens is 446 g/mol. The predicted molar refractivity (Wildman–Crippen MR) is 98.2 cm³/mol. The summed E-state index contributed by atoms with van der Waals surface area (Å²) < 4.78 is 92.1. The van der Waals surface area contributed by atoms with Gasteiger partial charge in [-0.25, -0.2) is 0 Å². The number of rotatable bonds is 7. The molecule has 0 atom stereocenters. The van der Waals surface area contributed by atoms with E-state index in [-0.39, 0.29) is 28.6 Å². The minimum Gasteiger partial charge on any atom is -0.456 e. The summed E-state index contributed by atoms with van der Waals surface area (Å²) in [5.74, 6) is -0.578. The van der Waals surface area contributed by atoms with Gasteiger partial charge in [0.1, 0.15) is 34.5 Å². The fourth-order valence-electron chi connectivity index (χ4n) is 2.49. The van der Waals surface area contributed by atoms with Crippen molar-refractivity contribution in [1.29, 1.82) is 0 Å². The maximum absolute atomic E-state index is 12.2. The Labute approximate surface area is 176 Å². The fraction of sp³-hybridized carbons (Fsp3) is 0.0952. The molecule has 3 aromatic rings. The second-order valence-electron chi connectivity index (χ2n) is 6.03. The van der Waals surface area contributed by atoms with Crippen LogP contribution in [0, 0.1) is 0 Å². The average Bonchev–Trinajstić information content (AvgIpc) is 2.69. The summed E-state index contributed by atoms with van der Waals surface area (Å²) in [4.78, 5) is 11.6. The molecule has 3 rings (SSSR count). The van der Waals surface area contributed by atoms with Crippen LogP contribution in [0.15, 0.2) is 66.7 Å². The van der Waals surface area contributed by atoms with Crippen LogP contribution in [0.3, 0.4) is 0 Å². The lowest BCUT2D eigenvalue weighted by molar-refractivity contribution is -0.275. The number of carbonyl (C=O) groups is 1. The molecule has 0 fully saturated rings. The van der Waals surface area contributed by atoms with E-state index in [0.717, 1.165) is 24.3 Å². The number of aldehydes is 1. The third-order valence-corrected chi connectivity index (χ3v) is 3.71. The SMILES string of the molecule is O=Cc1c(Oc2ccc(OC(F)(F)F)cc2)cccc1Oc1ccc(OC(F)(F)F)cc1. The second kappa shape index (κ2) is 9.08. The first-order valence-corrected chi connectivity index (χ1v) is 8.68. The van der Waals surface area contributed by atoms with Crippen molar-refractivity contribution < 1.29 is 50.1 Å². The molecule has 0 N–H and O–H groups in total. The van der Waals surface area contributed by atoms with Crippen LogP contribution in [0.4, 0.5) is 26.3 Å². The van der Waals surface area contributed by atoms with Crippen molar-refractivity contribution in [3.05, 3.63) is 72.3 Å². The number of carbonyl (C=O) groups excluding carboxylic acids is 1. The summed E-state index contributed by atoms with van der Waals surface area (Å²) in [6.07, 6.45) is -9.24. The lowest BCUT2D eigenvalue weighted by atomic mass is 10.2. The van der Waals surface area contributed by atoms with Crippen molar-refractivity contribution in [2.24, 2.45) is 0 Å². The van der Waals surface area contributed by atoms with E-state index in [2.05, 4.69) is 9.47 Å². The number of hydrogen-bond acceptors (Lipinski definition) is 5. The highest BCUT2D eigenvalue weighted by Crippen LogP contribution is 2.35. The molecule has 3 aromatic carbocycles. The molecule has 0 spiro atoms. The van der Waals surface area contributed by atoms with Gasteiger partial charge in [0.25, 0.3) is 0 Å². The van der Waals surface area contributed by atoms with Crippen LogP contribution in [0.25, 0.3) is 0 Å². The molecule has 0 unspecified atom stereocenters. The number of halogens is 6. The Bertz CT molecular complexity index is 980. The van der Waals surface area contributed by atoms with Crippen molar-refractivity contribution >= 4 is 6.29 Å². The maximum Gasteiger partial charge on any atom is 0.573 e. The molecule has 0 aromatic heterocycles. The Morgan fingerprint density at radius 1 is 0.562 bits per heavy atom. The summed E-state index contributed by atoms with van der Waals surface area (Å²) in [7, 11) is 0. The van der Waals surface area contributed by atoms with Crippen molar-refractivity contribution in [3.63, 3.8) is 0 Å². The molecule has 0 aliphatic heterocycles. The summed E-state index contributed by atoms with van der Waals surface area (Å²) in [6, 6.07) is 13.3. The van der Waals surface area contributed by atoms with Gasteiger partial charge in [0, 0.05) is 0 Å². The van der Waals surface area contributed by atoms with Gasteiger partial charge in [-0.1, -0.05) is 6.07 Å². The van der Waals surface area contributed by atoms with Gasteiger partial charge in [-0.15, -0.1) is 26.3 Å².